The molecule has 1 rings (SSSR count). The van der Waals surface area contributed by atoms with Gasteiger partial charge in [-0.3, -0.25) is 5.32 Å². The summed E-state index contributed by atoms with van der Waals surface area (Å²) in [6.45, 7) is 1.16. The summed E-state index contributed by atoms with van der Waals surface area (Å²) in [4.78, 5) is 0. The summed E-state index contributed by atoms with van der Waals surface area (Å²) < 4.78 is 5.03. The minimum atomic E-state index is 0. The zero-order valence-electron chi connectivity index (χ0n) is 7.25. The van der Waals surface area contributed by atoms with Gasteiger partial charge in [0.05, 0.1) is 19.2 Å². The maximum absolute atomic E-state index is 8.33. The zero-order chi connectivity index (χ0) is 8.10. The Hall–Kier alpha value is -0.300. The van der Waals surface area contributed by atoms with Crippen molar-refractivity contribution < 1.29 is 4.74 Å². The zero-order valence-corrected chi connectivity index (χ0v) is 8.06. The van der Waals surface area contributed by atoms with Crippen LogP contribution in [0.2, 0.25) is 0 Å². The van der Waals surface area contributed by atoms with Crippen molar-refractivity contribution in [2.45, 2.75) is 18.9 Å². The summed E-state index contributed by atoms with van der Waals surface area (Å²) >= 11 is 0. The number of rotatable bonds is 5. The Morgan fingerprint density at radius 1 is 1.67 bits per heavy atom. The number of hydrogen-bond acceptors (Lipinski definition) is 3. The lowest BCUT2D eigenvalue weighted by molar-refractivity contribution is 0.159. The summed E-state index contributed by atoms with van der Waals surface area (Å²) in [6.07, 6.45) is 2.57. The van der Waals surface area contributed by atoms with Crippen molar-refractivity contribution in [3.63, 3.8) is 0 Å². The van der Waals surface area contributed by atoms with Crippen LogP contribution in [0.15, 0.2) is 0 Å². The van der Waals surface area contributed by atoms with E-state index in [9.17, 15) is 0 Å². The highest BCUT2D eigenvalue weighted by atomic mass is 35.5. The minimum Gasteiger partial charge on any atom is -0.383 e. The molecule has 0 unspecified atom stereocenters. The molecule has 1 aliphatic rings. The molecular weight excluding hydrogens is 176 g/mol. The molecule has 0 spiro atoms. The summed E-state index contributed by atoms with van der Waals surface area (Å²) in [6, 6.07) is 2.48. The maximum Gasteiger partial charge on any atom is 0.0843 e. The Morgan fingerprint density at radius 2 is 2.33 bits per heavy atom. The van der Waals surface area contributed by atoms with Gasteiger partial charge in [0.2, 0.25) is 0 Å². The molecule has 0 amide bonds. The van der Waals surface area contributed by atoms with Crippen molar-refractivity contribution in [1.82, 2.24) is 5.32 Å². The van der Waals surface area contributed by atoms with Gasteiger partial charge in [-0.1, -0.05) is 0 Å². The first-order valence-corrected chi connectivity index (χ1v) is 3.97. The van der Waals surface area contributed by atoms with E-state index in [1.807, 2.05) is 0 Å². The first-order valence-electron chi connectivity index (χ1n) is 3.97. The van der Waals surface area contributed by atoms with Gasteiger partial charge in [-0.2, -0.15) is 5.26 Å². The average Bonchev–Trinajstić information content (AvgIpc) is 2.80. The highest BCUT2D eigenvalue weighted by Gasteiger charge is 2.30. The summed E-state index contributed by atoms with van der Waals surface area (Å²) in [5, 5.41) is 11.5. The van der Waals surface area contributed by atoms with E-state index in [4.69, 9.17) is 10.00 Å². The molecular formula is C8H15ClN2O. The van der Waals surface area contributed by atoms with Gasteiger partial charge in [-0.05, 0) is 18.8 Å². The summed E-state index contributed by atoms with van der Waals surface area (Å²) in [5.41, 5.74) is 0. The van der Waals surface area contributed by atoms with E-state index in [0.29, 0.717) is 12.6 Å². The van der Waals surface area contributed by atoms with Crippen molar-refractivity contribution >= 4 is 12.4 Å². The maximum atomic E-state index is 8.33. The molecule has 1 saturated carbocycles. The van der Waals surface area contributed by atoms with Crippen LogP contribution in [0.3, 0.4) is 0 Å². The van der Waals surface area contributed by atoms with Crippen molar-refractivity contribution in [2.24, 2.45) is 5.92 Å². The highest BCUT2D eigenvalue weighted by Crippen LogP contribution is 2.32. The Balaban J connectivity index is 0.00000121. The first-order chi connectivity index (χ1) is 5.38. The quantitative estimate of drug-likeness (QED) is 0.657. The van der Waals surface area contributed by atoms with Crippen LogP contribution in [-0.4, -0.2) is 26.3 Å². The van der Waals surface area contributed by atoms with Gasteiger partial charge >= 0.3 is 0 Å². The fourth-order valence-electron chi connectivity index (χ4n) is 1.22. The molecule has 0 bridgehead atoms. The van der Waals surface area contributed by atoms with E-state index in [2.05, 4.69) is 11.4 Å². The third kappa shape index (κ3) is 3.91. The van der Waals surface area contributed by atoms with E-state index in [1.54, 1.807) is 7.11 Å². The monoisotopic (exact) mass is 190 g/mol. The van der Waals surface area contributed by atoms with Gasteiger partial charge in [0.15, 0.2) is 0 Å². The molecule has 1 aliphatic carbocycles. The van der Waals surface area contributed by atoms with Gasteiger partial charge < -0.3 is 4.74 Å². The molecule has 0 aliphatic heterocycles. The summed E-state index contributed by atoms with van der Waals surface area (Å²) in [7, 11) is 1.70. The smallest absolute Gasteiger partial charge is 0.0843 e. The first kappa shape index (κ1) is 11.7. The Bertz CT molecular complexity index is 154. The van der Waals surface area contributed by atoms with Crippen molar-refractivity contribution in [1.29, 1.82) is 5.26 Å². The molecule has 0 aromatic carbocycles. The third-order valence-corrected chi connectivity index (χ3v) is 1.98. The second kappa shape index (κ2) is 6.24. The molecule has 0 aromatic heterocycles. The van der Waals surface area contributed by atoms with E-state index in [1.165, 1.54) is 12.8 Å². The molecule has 12 heavy (non-hydrogen) atoms. The van der Waals surface area contributed by atoms with E-state index in [-0.39, 0.29) is 12.4 Å². The van der Waals surface area contributed by atoms with Crippen LogP contribution in [-0.2, 0) is 4.74 Å². The largest absolute Gasteiger partial charge is 0.383 e. The van der Waals surface area contributed by atoms with Crippen molar-refractivity contribution in [3.8, 4) is 6.07 Å². The number of nitriles is 1. The van der Waals surface area contributed by atoms with Gasteiger partial charge in [-0.25, -0.2) is 0 Å². The molecule has 0 radical (unpaired) electrons. The van der Waals surface area contributed by atoms with Crippen LogP contribution < -0.4 is 5.32 Å². The second-order valence-electron chi connectivity index (χ2n) is 2.94. The summed E-state index contributed by atoms with van der Waals surface area (Å²) in [5.74, 6) is 0.753. The minimum absolute atomic E-state index is 0. The van der Waals surface area contributed by atoms with E-state index >= 15 is 0 Å². The number of hydrogen-bond donors (Lipinski definition) is 1. The fourth-order valence-corrected chi connectivity index (χ4v) is 1.22. The van der Waals surface area contributed by atoms with Gasteiger partial charge in [-0.15, -0.1) is 12.4 Å². The molecule has 1 fully saturated rings. The van der Waals surface area contributed by atoms with Crippen molar-refractivity contribution in [3.05, 3.63) is 0 Å². The average molecular weight is 191 g/mol. The number of halogens is 1. The second-order valence-corrected chi connectivity index (χ2v) is 2.94. The normalized spacial score (nSPS) is 17.7. The number of nitrogens with one attached hydrogen (secondary N) is 1. The number of nitrogens with zero attached hydrogens (tertiary/aromatic N) is 1. The molecule has 1 atom stereocenters. The number of methoxy groups -OCH3 is 1. The topological polar surface area (TPSA) is 45.0 Å². The van der Waals surface area contributed by atoms with E-state index in [0.717, 1.165) is 12.5 Å². The molecule has 3 nitrogen and oxygen atoms in total. The third-order valence-electron chi connectivity index (χ3n) is 1.98. The Labute approximate surface area is 79.5 Å². The molecule has 70 valence electrons. The molecule has 0 saturated heterocycles. The SMILES string of the molecule is COC[C@H](NCC#N)C1CC1.Cl. The lowest BCUT2D eigenvalue weighted by atomic mass is 10.2. The number of ether oxygens (including phenoxy) is 1. The van der Waals surface area contributed by atoms with Crippen LogP contribution in [0.25, 0.3) is 0 Å². The van der Waals surface area contributed by atoms with Crippen LogP contribution in [0.4, 0.5) is 0 Å². The standard InChI is InChI=1S/C8H14N2O.ClH/c1-11-6-8(7-2-3-7)10-5-4-9;/h7-8,10H,2-3,5-6H2,1H3;1H/t8-;/m0./s1. The molecule has 4 heteroatoms. The Morgan fingerprint density at radius 3 is 2.75 bits per heavy atom. The predicted molar refractivity (Wildman–Crippen MR) is 49.3 cm³/mol. The fraction of sp³-hybridized carbons (Fsp3) is 0.875. The van der Waals surface area contributed by atoms with Crippen LogP contribution in [0.5, 0.6) is 0 Å². The lowest BCUT2D eigenvalue weighted by Gasteiger charge is -2.14. The van der Waals surface area contributed by atoms with Gasteiger partial charge in [0.1, 0.15) is 0 Å². The van der Waals surface area contributed by atoms with E-state index < -0.39 is 0 Å². The molecule has 1 N–H and O–H groups in total. The predicted octanol–water partition coefficient (Wildman–Crippen LogP) is 0.946. The van der Waals surface area contributed by atoms with Gasteiger partial charge in [0.25, 0.3) is 0 Å². The Kier molecular flexibility index (Phi) is 6.09. The van der Waals surface area contributed by atoms with Crippen molar-refractivity contribution in [2.75, 3.05) is 20.3 Å². The molecule has 0 aromatic rings. The van der Waals surface area contributed by atoms with Crippen LogP contribution >= 0.6 is 12.4 Å². The highest BCUT2D eigenvalue weighted by molar-refractivity contribution is 5.85. The van der Waals surface area contributed by atoms with Gasteiger partial charge in [0, 0.05) is 13.2 Å². The van der Waals surface area contributed by atoms with Crippen LogP contribution in [0, 0.1) is 17.2 Å². The molecule has 0 heterocycles. The lowest BCUT2D eigenvalue weighted by Crippen LogP contribution is -2.35. The van der Waals surface area contributed by atoms with Crippen LogP contribution in [0.1, 0.15) is 12.8 Å².